The Morgan fingerprint density at radius 1 is 0.941 bits per heavy atom. The van der Waals surface area contributed by atoms with E-state index in [1.54, 1.807) is 12.1 Å². The first-order valence-corrected chi connectivity index (χ1v) is 8.71. The van der Waals surface area contributed by atoms with Gasteiger partial charge < -0.3 is 0 Å². The first-order chi connectivity index (χ1) is 8.05. The standard InChI is InChI=1S/C12H8O3STe/c13-16(14,15)8-5-6-10-9-3-1-2-4-11(9)17-12(10)7-8/h1-7H,(H,13,14,15). The molecule has 17 heavy (non-hydrogen) atoms. The Hall–Kier alpha value is -0.860. The van der Waals surface area contributed by atoms with E-state index in [1.807, 2.05) is 12.1 Å². The van der Waals surface area contributed by atoms with Crippen molar-refractivity contribution in [3.8, 4) is 0 Å². The summed E-state index contributed by atoms with van der Waals surface area (Å²) >= 11 is -0.530. The molecule has 86 valence electrons. The zero-order chi connectivity index (χ0) is 12.0. The topological polar surface area (TPSA) is 54.4 Å². The maximum atomic E-state index is 11.1. The molecular formula is C12H8O3STe. The average Bonchev–Trinajstić information content (AvgIpc) is 2.65. The second-order valence-electron chi connectivity index (χ2n) is 3.73. The fourth-order valence-corrected chi connectivity index (χ4v) is 5.88. The molecule has 0 atom stereocenters. The monoisotopic (exact) mass is 362 g/mol. The second-order valence-corrected chi connectivity index (χ2v) is 8.25. The van der Waals surface area contributed by atoms with Crippen molar-refractivity contribution in [2.24, 2.45) is 0 Å². The van der Waals surface area contributed by atoms with Crippen LogP contribution in [0.2, 0.25) is 0 Å². The van der Waals surface area contributed by atoms with Crippen LogP contribution in [0.1, 0.15) is 0 Å². The van der Waals surface area contributed by atoms with Crippen LogP contribution in [0.4, 0.5) is 0 Å². The summed E-state index contributed by atoms with van der Waals surface area (Å²) in [6.45, 7) is 0. The maximum absolute atomic E-state index is 11.1. The predicted octanol–water partition coefficient (Wildman–Crippen LogP) is 2.30. The summed E-state index contributed by atoms with van der Waals surface area (Å²) in [5.41, 5.74) is 0. The van der Waals surface area contributed by atoms with E-state index in [9.17, 15) is 8.42 Å². The molecule has 3 aromatic rings. The molecule has 1 aromatic heterocycles. The first kappa shape index (κ1) is 11.2. The summed E-state index contributed by atoms with van der Waals surface area (Å²) < 4.78 is 33.6. The van der Waals surface area contributed by atoms with E-state index in [1.165, 1.54) is 14.9 Å². The van der Waals surface area contributed by atoms with Crippen molar-refractivity contribution in [3.05, 3.63) is 42.5 Å². The van der Waals surface area contributed by atoms with Gasteiger partial charge in [-0.1, -0.05) is 0 Å². The van der Waals surface area contributed by atoms with Gasteiger partial charge in [-0.3, -0.25) is 0 Å². The van der Waals surface area contributed by atoms with Crippen LogP contribution in [-0.4, -0.2) is 33.4 Å². The van der Waals surface area contributed by atoms with Crippen LogP contribution < -0.4 is 0 Å². The Morgan fingerprint density at radius 3 is 2.41 bits per heavy atom. The summed E-state index contributed by atoms with van der Waals surface area (Å²) in [7, 11) is -4.09. The quantitative estimate of drug-likeness (QED) is 0.536. The van der Waals surface area contributed by atoms with E-state index in [-0.39, 0.29) is 4.90 Å². The summed E-state index contributed by atoms with van der Waals surface area (Å²) in [6, 6.07) is 13.0. The number of fused-ring (bicyclic) bond motifs is 3. The summed E-state index contributed by atoms with van der Waals surface area (Å²) in [4.78, 5) is -0.00541. The minimum absolute atomic E-state index is 0.00541. The first-order valence-electron chi connectivity index (χ1n) is 4.94. The SMILES string of the molecule is O=S(=O)(O)c1ccc2c(c1)[te]c1ccccc12. The normalized spacial score (nSPS) is 12.3. The van der Waals surface area contributed by atoms with Crippen molar-refractivity contribution in [2.45, 2.75) is 4.90 Å². The number of hydrogen-bond donors (Lipinski definition) is 1. The molecule has 3 nitrogen and oxygen atoms in total. The zero-order valence-corrected chi connectivity index (χ0v) is 11.8. The third-order valence-corrected chi connectivity index (χ3v) is 6.73. The molecule has 1 N–H and O–H groups in total. The van der Waals surface area contributed by atoms with Crippen molar-refractivity contribution in [2.75, 3.05) is 0 Å². The van der Waals surface area contributed by atoms with Crippen molar-refractivity contribution in [3.63, 3.8) is 0 Å². The van der Waals surface area contributed by atoms with Gasteiger partial charge in [-0.25, -0.2) is 0 Å². The average molecular weight is 360 g/mol. The Balaban J connectivity index is 2.42. The number of hydrogen-bond acceptors (Lipinski definition) is 2. The second kappa shape index (κ2) is 3.82. The Kier molecular flexibility index (Phi) is 2.53. The van der Waals surface area contributed by atoms with Gasteiger partial charge in [-0.05, 0) is 0 Å². The molecule has 0 saturated heterocycles. The fourth-order valence-electron chi connectivity index (χ4n) is 1.87. The van der Waals surface area contributed by atoms with Gasteiger partial charge in [-0.2, -0.15) is 0 Å². The van der Waals surface area contributed by atoms with E-state index in [0.717, 1.165) is 8.79 Å². The van der Waals surface area contributed by atoms with Crippen LogP contribution in [0.25, 0.3) is 17.6 Å². The molecule has 0 bridgehead atoms. The van der Waals surface area contributed by atoms with Gasteiger partial charge in [0.15, 0.2) is 0 Å². The van der Waals surface area contributed by atoms with E-state index < -0.39 is 30.5 Å². The molecule has 0 spiro atoms. The molecule has 0 saturated carbocycles. The van der Waals surface area contributed by atoms with Gasteiger partial charge in [0.2, 0.25) is 0 Å². The van der Waals surface area contributed by atoms with Gasteiger partial charge in [0.25, 0.3) is 0 Å². The molecule has 3 rings (SSSR count). The van der Waals surface area contributed by atoms with Crippen molar-refractivity contribution in [1.82, 2.24) is 0 Å². The molecule has 0 amide bonds. The molecule has 0 aliphatic carbocycles. The van der Waals surface area contributed by atoms with Crippen LogP contribution in [0.3, 0.4) is 0 Å². The van der Waals surface area contributed by atoms with Crippen LogP contribution in [0.15, 0.2) is 47.4 Å². The van der Waals surface area contributed by atoms with Crippen LogP contribution in [0, 0.1) is 0 Å². The molecule has 2 aromatic carbocycles. The molecule has 1 heterocycles. The number of rotatable bonds is 1. The van der Waals surface area contributed by atoms with Gasteiger partial charge in [0.05, 0.1) is 0 Å². The van der Waals surface area contributed by atoms with Crippen LogP contribution in [-0.2, 0) is 10.1 Å². The minimum atomic E-state index is -4.09. The van der Waals surface area contributed by atoms with E-state index >= 15 is 0 Å². The summed E-state index contributed by atoms with van der Waals surface area (Å²) in [6.07, 6.45) is 0. The van der Waals surface area contributed by atoms with Crippen LogP contribution >= 0.6 is 0 Å². The van der Waals surface area contributed by atoms with Gasteiger partial charge in [0, 0.05) is 0 Å². The van der Waals surface area contributed by atoms with Crippen molar-refractivity contribution >= 4 is 48.1 Å². The molecule has 0 radical (unpaired) electrons. The zero-order valence-electron chi connectivity index (χ0n) is 8.62. The Morgan fingerprint density at radius 2 is 1.65 bits per heavy atom. The summed E-state index contributed by atoms with van der Waals surface area (Å²) in [5.74, 6) is 0. The summed E-state index contributed by atoms with van der Waals surface area (Å²) in [5, 5.41) is 2.31. The van der Waals surface area contributed by atoms with E-state index in [0.29, 0.717) is 0 Å². The Bertz CT molecular complexity index is 818. The molecule has 0 unspecified atom stereocenters. The third kappa shape index (κ3) is 1.89. The van der Waals surface area contributed by atoms with Crippen molar-refractivity contribution in [1.29, 1.82) is 0 Å². The molecular weight excluding hydrogens is 352 g/mol. The third-order valence-electron chi connectivity index (χ3n) is 2.65. The van der Waals surface area contributed by atoms with Gasteiger partial charge in [0.1, 0.15) is 0 Å². The van der Waals surface area contributed by atoms with Crippen LogP contribution in [0.5, 0.6) is 0 Å². The van der Waals surface area contributed by atoms with Gasteiger partial charge >= 0.3 is 108 Å². The van der Waals surface area contributed by atoms with Gasteiger partial charge in [-0.15, -0.1) is 0 Å². The fraction of sp³-hybridized carbons (Fsp3) is 0. The predicted molar refractivity (Wildman–Crippen MR) is 68.2 cm³/mol. The number of benzene rings is 2. The Labute approximate surface area is 108 Å². The molecule has 0 fully saturated rings. The molecule has 0 aliphatic heterocycles. The van der Waals surface area contributed by atoms with E-state index in [2.05, 4.69) is 12.1 Å². The van der Waals surface area contributed by atoms with E-state index in [4.69, 9.17) is 4.55 Å². The molecule has 0 aliphatic rings. The van der Waals surface area contributed by atoms with Crippen molar-refractivity contribution < 1.29 is 13.0 Å². The molecule has 5 heteroatoms.